The van der Waals surface area contributed by atoms with Gasteiger partial charge >= 0.3 is 23.9 Å². The van der Waals surface area contributed by atoms with Gasteiger partial charge in [-0.15, -0.1) is 0 Å². The van der Waals surface area contributed by atoms with Gasteiger partial charge in [0.25, 0.3) is 0 Å². The first-order valence-electron chi connectivity index (χ1n) is 10.7. The number of carbonyl (C=O) groups excluding carboxylic acids is 6. The third-order valence-electron chi connectivity index (χ3n) is 5.72. The van der Waals surface area contributed by atoms with E-state index < -0.39 is 134 Å². The van der Waals surface area contributed by atoms with E-state index in [1.807, 2.05) is 0 Å². The van der Waals surface area contributed by atoms with Crippen LogP contribution in [0.3, 0.4) is 0 Å². The molecule has 0 aliphatic heterocycles. The van der Waals surface area contributed by atoms with E-state index in [-0.39, 0.29) is 0 Å². The second-order valence-corrected chi connectivity index (χ2v) is 8.21. The Labute approximate surface area is 202 Å². The summed E-state index contributed by atoms with van der Waals surface area (Å²) in [5.74, 6) is -23.8. The van der Waals surface area contributed by atoms with Crippen LogP contribution in [0, 0.1) is 23.7 Å². The van der Waals surface area contributed by atoms with Crippen molar-refractivity contribution in [3.05, 3.63) is 0 Å². The van der Waals surface area contributed by atoms with Crippen molar-refractivity contribution >= 4 is 58.6 Å². The molecular weight excluding hydrogens is 488 g/mol. The van der Waals surface area contributed by atoms with E-state index in [0.29, 0.717) is 0 Å². The highest BCUT2D eigenvalue weighted by atomic mass is 16.4. The Hall–Kier alpha value is -4.10. The Morgan fingerprint density at radius 2 is 0.556 bits per heavy atom. The van der Waals surface area contributed by atoms with E-state index in [1.54, 1.807) is 0 Å². The molecule has 0 aromatic rings. The molecule has 1 saturated carbocycles. The fourth-order valence-electron chi connectivity index (χ4n) is 3.79. The van der Waals surface area contributed by atoms with Gasteiger partial charge in [0.15, 0.2) is 0 Å². The van der Waals surface area contributed by atoms with Crippen molar-refractivity contribution in [2.75, 3.05) is 0 Å². The van der Waals surface area contributed by atoms with Crippen LogP contribution in [-0.2, 0) is 47.9 Å². The fourth-order valence-corrected chi connectivity index (χ4v) is 3.79. The summed E-state index contributed by atoms with van der Waals surface area (Å²) in [4.78, 5) is 120. The SMILES string of the molecule is O=C1CCC(=O)C(C(=O)O)C(C(=O)O)C(=O)CCC(=O)CCC(=O)C(C(=O)O)C(C(=O)O)C(=O)CC1. The molecule has 4 unspecified atom stereocenters. The molecule has 1 aliphatic rings. The number of hydrogen-bond donors (Lipinski definition) is 4. The second kappa shape index (κ2) is 13.1. The quantitative estimate of drug-likeness (QED) is 0.341. The first kappa shape index (κ1) is 29.9. The van der Waals surface area contributed by atoms with Gasteiger partial charge < -0.3 is 20.4 Å². The average Bonchev–Trinajstić information content (AvgIpc) is 2.77. The van der Waals surface area contributed by atoms with Crippen LogP contribution in [0.2, 0.25) is 0 Å². The zero-order valence-corrected chi connectivity index (χ0v) is 18.8. The number of carboxylic acids is 4. The minimum Gasteiger partial charge on any atom is -0.481 e. The zero-order valence-electron chi connectivity index (χ0n) is 18.8. The van der Waals surface area contributed by atoms with E-state index >= 15 is 0 Å². The second-order valence-electron chi connectivity index (χ2n) is 8.21. The number of carbonyl (C=O) groups is 10. The lowest BCUT2D eigenvalue weighted by atomic mass is 9.80. The molecule has 14 heteroatoms. The molecule has 4 N–H and O–H groups in total. The molecule has 1 rings (SSSR count). The van der Waals surface area contributed by atoms with E-state index in [2.05, 4.69) is 0 Å². The highest BCUT2D eigenvalue weighted by Gasteiger charge is 2.45. The monoisotopic (exact) mass is 512 g/mol. The topological polar surface area (TPSA) is 252 Å². The lowest BCUT2D eigenvalue weighted by Crippen LogP contribution is -2.41. The molecule has 0 radical (unpaired) electrons. The molecular formula is C22H24O14. The van der Waals surface area contributed by atoms with Gasteiger partial charge in [-0.05, 0) is 0 Å². The third-order valence-corrected chi connectivity index (χ3v) is 5.72. The van der Waals surface area contributed by atoms with Gasteiger partial charge in [-0.3, -0.25) is 47.9 Å². The van der Waals surface area contributed by atoms with Crippen LogP contribution in [0.1, 0.15) is 51.4 Å². The van der Waals surface area contributed by atoms with Gasteiger partial charge in [-0.25, -0.2) is 0 Å². The smallest absolute Gasteiger partial charge is 0.315 e. The van der Waals surface area contributed by atoms with Crippen molar-refractivity contribution in [2.45, 2.75) is 51.4 Å². The summed E-state index contributed by atoms with van der Waals surface area (Å²) in [5.41, 5.74) is 0. The van der Waals surface area contributed by atoms with Gasteiger partial charge in [-0.1, -0.05) is 0 Å². The summed E-state index contributed by atoms with van der Waals surface area (Å²) in [6.07, 6.45) is -5.92. The van der Waals surface area contributed by atoms with Gasteiger partial charge in [0.1, 0.15) is 58.4 Å². The predicted molar refractivity (Wildman–Crippen MR) is 111 cm³/mol. The normalized spacial score (nSPS) is 26.1. The highest BCUT2D eigenvalue weighted by Crippen LogP contribution is 2.24. The molecule has 1 fully saturated rings. The molecule has 0 aromatic heterocycles. The van der Waals surface area contributed by atoms with Crippen LogP contribution in [-0.4, -0.2) is 79.0 Å². The van der Waals surface area contributed by atoms with Crippen molar-refractivity contribution in [3.63, 3.8) is 0 Å². The Bertz CT molecular complexity index is 850. The lowest BCUT2D eigenvalue weighted by molar-refractivity contribution is -0.161. The van der Waals surface area contributed by atoms with E-state index in [9.17, 15) is 68.4 Å². The van der Waals surface area contributed by atoms with Crippen LogP contribution in [0.25, 0.3) is 0 Å². The third kappa shape index (κ3) is 7.99. The van der Waals surface area contributed by atoms with Crippen LogP contribution < -0.4 is 0 Å². The molecule has 0 amide bonds. The number of Topliss-reactive ketones (excluding diaryl/α,β-unsaturated/α-hetero) is 6. The summed E-state index contributed by atoms with van der Waals surface area (Å²) < 4.78 is 0. The molecule has 0 heterocycles. The molecule has 36 heavy (non-hydrogen) atoms. The van der Waals surface area contributed by atoms with Gasteiger partial charge in [-0.2, -0.15) is 0 Å². The van der Waals surface area contributed by atoms with Gasteiger partial charge in [0, 0.05) is 51.4 Å². The molecule has 0 spiro atoms. The highest BCUT2D eigenvalue weighted by molar-refractivity contribution is 6.12. The number of ketones is 6. The standard InChI is InChI=1S/C22H24O14/c23-9-1-5-11(25)15(19(29)30)16(20(31)32)13(27)7-3-10(24)4-8-14(28)18(22(35)36)17(21(33)34)12(26)6-2-9/h15-18H,1-8H2,(H,29,30)(H,31,32)(H,33,34)(H,35,36). The first-order chi connectivity index (χ1) is 16.7. The van der Waals surface area contributed by atoms with Crippen molar-refractivity contribution in [1.82, 2.24) is 0 Å². The van der Waals surface area contributed by atoms with Crippen LogP contribution >= 0.6 is 0 Å². The number of aliphatic carboxylic acids is 4. The van der Waals surface area contributed by atoms with Crippen molar-refractivity contribution in [1.29, 1.82) is 0 Å². The fraction of sp³-hybridized carbons (Fsp3) is 0.545. The Morgan fingerprint density at radius 1 is 0.389 bits per heavy atom. The molecule has 196 valence electrons. The Morgan fingerprint density at radius 3 is 0.694 bits per heavy atom. The minimum atomic E-state index is -2.34. The summed E-state index contributed by atoms with van der Waals surface area (Å²) >= 11 is 0. The van der Waals surface area contributed by atoms with E-state index in [0.717, 1.165) is 0 Å². The molecule has 0 saturated heterocycles. The van der Waals surface area contributed by atoms with E-state index in [4.69, 9.17) is 0 Å². The molecule has 0 aromatic carbocycles. The van der Waals surface area contributed by atoms with Gasteiger partial charge in [0.05, 0.1) is 0 Å². The minimum absolute atomic E-state index is 0.673. The van der Waals surface area contributed by atoms with Gasteiger partial charge in [0.2, 0.25) is 0 Å². The van der Waals surface area contributed by atoms with Crippen molar-refractivity contribution in [3.8, 4) is 0 Å². The molecule has 1 aliphatic carbocycles. The number of rotatable bonds is 4. The lowest BCUT2D eigenvalue weighted by Gasteiger charge is -2.19. The average molecular weight is 512 g/mol. The molecule has 4 atom stereocenters. The Kier molecular flexibility index (Phi) is 10.9. The van der Waals surface area contributed by atoms with Crippen LogP contribution in [0.15, 0.2) is 0 Å². The number of carboxylic acid groups (broad SMARTS) is 4. The molecule has 14 nitrogen and oxygen atoms in total. The van der Waals surface area contributed by atoms with Crippen molar-refractivity contribution in [2.24, 2.45) is 23.7 Å². The Balaban J connectivity index is 3.34. The summed E-state index contributed by atoms with van der Waals surface area (Å²) in [7, 11) is 0. The molecule has 0 bridgehead atoms. The predicted octanol–water partition coefficient (Wildman–Crippen LogP) is -0.661. The maximum atomic E-state index is 12.4. The summed E-state index contributed by atoms with van der Waals surface area (Å²) in [5, 5.41) is 37.4. The van der Waals surface area contributed by atoms with E-state index in [1.165, 1.54) is 0 Å². The van der Waals surface area contributed by atoms with Crippen molar-refractivity contribution < 1.29 is 68.4 Å². The summed E-state index contributed by atoms with van der Waals surface area (Å²) in [6.45, 7) is 0. The first-order valence-corrected chi connectivity index (χ1v) is 10.7. The largest absolute Gasteiger partial charge is 0.481 e. The maximum absolute atomic E-state index is 12.4. The zero-order chi connectivity index (χ0) is 27.7. The summed E-state index contributed by atoms with van der Waals surface area (Å²) in [6, 6.07) is 0. The maximum Gasteiger partial charge on any atom is 0.315 e. The number of hydrogen-bond acceptors (Lipinski definition) is 10. The van der Waals surface area contributed by atoms with Crippen LogP contribution in [0.5, 0.6) is 0 Å². The van der Waals surface area contributed by atoms with Crippen LogP contribution in [0.4, 0.5) is 0 Å².